The van der Waals surface area contributed by atoms with Gasteiger partial charge >= 0.3 is 23.9 Å². The van der Waals surface area contributed by atoms with Crippen molar-refractivity contribution in [3.63, 3.8) is 0 Å². The molecule has 0 fully saturated rings. The van der Waals surface area contributed by atoms with E-state index in [1.807, 2.05) is 0 Å². The van der Waals surface area contributed by atoms with Crippen molar-refractivity contribution in [2.24, 2.45) is 0 Å². The SMILES string of the molecule is C=C(C)C(=O)OCCOc1cc(OCCOC(=O)C(=C)C)c2cc(OCCOC(=O)C(=C)C)c(OCCOC(=O)C(=C)C)cc2c1. The fraction of sp³-hybridized carbons (Fsp3) is 0.353. The number of esters is 4. The standard InChI is InChI=1S/C34H40O12/c1-21(2)31(35)43-13-9-39-26-17-25-18-29(41-11-15-45-33(37)23(5)6)30(42-12-16-46-34(38)24(7)8)20-27(25)28(19-26)40-10-14-44-32(36)22(3)4/h17-20H,1,3,5,7,9-16H2,2,4,6,8H3. The van der Waals surface area contributed by atoms with E-state index in [-0.39, 0.29) is 80.9 Å². The highest BCUT2D eigenvalue weighted by atomic mass is 16.6. The van der Waals surface area contributed by atoms with Crippen LogP contribution in [0, 0.1) is 0 Å². The molecule has 0 N–H and O–H groups in total. The van der Waals surface area contributed by atoms with Crippen molar-refractivity contribution in [2.45, 2.75) is 27.7 Å². The van der Waals surface area contributed by atoms with Crippen LogP contribution in [0.5, 0.6) is 23.0 Å². The third kappa shape index (κ3) is 12.4. The van der Waals surface area contributed by atoms with Gasteiger partial charge in [0.2, 0.25) is 0 Å². The van der Waals surface area contributed by atoms with Gasteiger partial charge in [-0.3, -0.25) is 0 Å². The zero-order valence-electron chi connectivity index (χ0n) is 26.7. The van der Waals surface area contributed by atoms with Gasteiger partial charge in [-0.2, -0.15) is 0 Å². The molecule has 12 nitrogen and oxygen atoms in total. The molecule has 0 amide bonds. The Hall–Kier alpha value is -5.26. The molecule has 2 aromatic carbocycles. The average Bonchev–Trinajstić information content (AvgIpc) is 3.00. The van der Waals surface area contributed by atoms with Crippen LogP contribution >= 0.6 is 0 Å². The molecule has 46 heavy (non-hydrogen) atoms. The van der Waals surface area contributed by atoms with Crippen molar-refractivity contribution in [3.05, 3.63) is 72.9 Å². The molecule has 248 valence electrons. The van der Waals surface area contributed by atoms with Gasteiger partial charge in [-0.15, -0.1) is 0 Å². The van der Waals surface area contributed by atoms with Crippen LogP contribution in [0.15, 0.2) is 72.9 Å². The number of fused-ring (bicyclic) bond motifs is 1. The van der Waals surface area contributed by atoms with Gasteiger partial charge in [0.25, 0.3) is 0 Å². The first-order valence-electron chi connectivity index (χ1n) is 14.2. The Morgan fingerprint density at radius 3 is 1.20 bits per heavy atom. The summed E-state index contributed by atoms with van der Waals surface area (Å²) >= 11 is 0. The number of hydrogen-bond acceptors (Lipinski definition) is 12. The quantitative estimate of drug-likeness (QED) is 0.0847. The Balaban J connectivity index is 2.37. The minimum atomic E-state index is -0.553. The Morgan fingerprint density at radius 1 is 0.457 bits per heavy atom. The van der Waals surface area contributed by atoms with E-state index in [9.17, 15) is 19.2 Å². The molecule has 0 atom stereocenters. The second-order valence-electron chi connectivity index (χ2n) is 10.0. The van der Waals surface area contributed by atoms with Crippen molar-refractivity contribution in [2.75, 3.05) is 52.9 Å². The van der Waals surface area contributed by atoms with Crippen LogP contribution in [0.2, 0.25) is 0 Å². The van der Waals surface area contributed by atoms with Gasteiger partial charge in [0.05, 0.1) is 0 Å². The molecule has 0 spiro atoms. The van der Waals surface area contributed by atoms with Gasteiger partial charge < -0.3 is 37.9 Å². The third-order valence-electron chi connectivity index (χ3n) is 5.65. The number of ether oxygens (including phenoxy) is 8. The average molecular weight is 641 g/mol. The Morgan fingerprint density at radius 2 is 0.804 bits per heavy atom. The summed E-state index contributed by atoms with van der Waals surface area (Å²) in [6, 6.07) is 6.68. The lowest BCUT2D eigenvalue weighted by Gasteiger charge is -2.17. The summed E-state index contributed by atoms with van der Waals surface area (Å²) in [4.78, 5) is 47.0. The van der Waals surface area contributed by atoms with Crippen LogP contribution in [-0.4, -0.2) is 76.7 Å². The van der Waals surface area contributed by atoms with E-state index >= 15 is 0 Å². The second kappa shape index (κ2) is 18.5. The summed E-state index contributed by atoms with van der Waals surface area (Å²) < 4.78 is 44.1. The first-order valence-corrected chi connectivity index (χ1v) is 14.2. The fourth-order valence-corrected chi connectivity index (χ4v) is 3.38. The molecular formula is C34H40O12. The highest BCUT2D eigenvalue weighted by Crippen LogP contribution is 2.39. The lowest BCUT2D eigenvalue weighted by atomic mass is 10.1. The normalized spacial score (nSPS) is 10.3. The maximum absolute atomic E-state index is 11.8. The number of carbonyl (C=O) groups is 4. The Kier molecular flexibility index (Phi) is 14.9. The number of carbonyl (C=O) groups excluding carboxylic acids is 4. The van der Waals surface area contributed by atoms with Crippen LogP contribution in [0.3, 0.4) is 0 Å². The summed E-state index contributed by atoms with van der Waals surface area (Å²) in [6.45, 7) is 20.2. The fourth-order valence-electron chi connectivity index (χ4n) is 3.38. The molecule has 0 saturated heterocycles. The van der Waals surface area contributed by atoms with E-state index in [0.29, 0.717) is 28.0 Å². The van der Waals surface area contributed by atoms with Gasteiger partial charge in [0, 0.05) is 33.7 Å². The molecule has 0 aliphatic carbocycles. The summed E-state index contributed by atoms with van der Waals surface area (Å²) in [5.74, 6) is -0.871. The zero-order valence-corrected chi connectivity index (χ0v) is 26.7. The summed E-state index contributed by atoms with van der Waals surface area (Å²) in [5, 5.41) is 1.20. The van der Waals surface area contributed by atoms with Crippen LogP contribution in [0.25, 0.3) is 10.8 Å². The molecule has 2 rings (SSSR count). The minimum absolute atomic E-state index is 0.00669. The molecule has 2 aromatic rings. The van der Waals surface area contributed by atoms with E-state index in [2.05, 4.69) is 26.3 Å². The van der Waals surface area contributed by atoms with Crippen molar-refractivity contribution >= 4 is 34.6 Å². The largest absolute Gasteiger partial charge is 0.490 e. The zero-order chi connectivity index (χ0) is 34.2. The van der Waals surface area contributed by atoms with Gasteiger partial charge in [-0.05, 0) is 51.3 Å². The Labute approximate surface area is 268 Å². The van der Waals surface area contributed by atoms with Crippen LogP contribution in [0.4, 0.5) is 0 Å². The number of hydrogen-bond donors (Lipinski definition) is 0. The molecule has 0 unspecified atom stereocenters. The van der Waals surface area contributed by atoms with Crippen molar-refractivity contribution in [1.82, 2.24) is 0 Å². The lowest BCUT2D eigenvalue weighted by Crippen LogP contribution is -2.15. The molecule has 0 radical (unpaired) electrons. The molecule has 0 saturated carbocycles. The summed E-state index contributed by atoms with van der Waals surface area (Å²) in [5.41, 5.74) is 1.03. The molecule has 0 bridgehead atoms. The second-order valence-corrected chi connectivity index (χ2v) is 10.0. The first kappa shape index (κ1) is 36.9. The monoisotopic (exact) mass is 640 g/mol. The number of rotatable bonds is 20. The molecule has 0 aromatic heterocycles. The van der Waals surface area contributed by atoms with Crippen molar-refractivity contribution in [3.8, 4) is 23.0 Å². The highest BCUT2D eigenvalue weighted by molar-refractivity contribution is 5.93. The highest BCUT2D eigenvalue weighted by Gasteiger charge is 2.16. The third-order valence-corrected chi connectivity index (χ3v) is 5.65. The predicted molar refractivity (Wildman–Crippen MR) is 169 cm³/mol. The van der Waals surface area contributed by atoms with Gasteiger partial charge in [-0.1, -0.05) is 26.3 Å². The van der Waals surface area contributed by atoms with Crippen LogP contribution in [-0.2, 0) is 38.1 Å². The van der Waals surface area contributed by atoms with Crippen molar-refractivity contribution < 1.29 is 57.1 Å². The number of benzene rings is 2. The van der Waals surface area contributed by atoms with Gasteiger partial charge in [0.1, 0.15) is 64.4 Å². The van der Waals surface area contributed by atoms with E-state index in [4.69, 9.17) is 37.9 Å². The van der Waals surface area contributed by atoms with Crippen LogP contribution in [0.1, 0.15) is 27.7 Å². The van der Waals surface area contributed by atoms with Crippen LogP contribution < -0.4 is 18.9 Å². The van der Waals surface area contributed by atoms with E-state index < -0.39 is 23.9 Å². The van der Waals surface area contributed by atoms with Crippen molar-refractivity contribution in [1.29, 1.82) is 0 Å². The van der Waals surface area contributed by atoms with E-state index in [1.165, 1.54) is 20.8 Å². The molecule has 12 heteroatoms. The molecule has 0 heterocycles. The first-order chi connectivity index (χ1) is 21.8. The minimum Gasteiger partial charge on any atom is -0.490 e. The summed E-state index contributed by atoms with van der Waals surface area (Å²) in [6.07, 6.45) is 0. The molecular weight excluding hydrogens is 600 g/mol. The van der Waals surface area contributed by atoms with E-state index in [1.54, 1.807) is 31.2 Å². The maximum Gasteiger partial charge on any atom is 0.333 e. The lowest BCUT2D eigenvalue weighted by molar-refractivity contribution is -0.140. The smallest absolute Gasteiger partial charge is 0.333 e. The maximum atomic E-state index is 11.8. The Bertz CT molecular complexity index is 1490. The molecule has 0 aliphatic rings. The van der Waals surface area contributed by atoms with Gasteiger partial charge in [0.15, 0.2) is 11.5 Å². The predicted octanol–water partition coefficient (Wildman–Crippen LogP) is 4.83. The molecule has 0 aliphatic heterocycles. The topological polar surface area (TPSA) is 142 Å². The summed E-state index contributed by atoms with van der Waals surface area (Å²) in [7, 11) is 0. The van der Waals surface area contributed by atoms with Gasteiger partial charge in [-0.25, -0.2) is 19.2 Å². The van der Waals surface area contributed by atoms with E-state index in [0.717, 1.165) is 0 Å².